The number of aliphatic imine (C=N–C) groups is 1. The van der Waals surface area contributed by atoms with Crippen LogP contribution in [0.2, 0.25) is 0 Å². The van der Waals surface area contributed by atoms with Crippen LogP contribution in [-0.2, 0) is 10.2 Å². The number of nitrogens with two attached hydrogens (primary N) is 1. The molecule has 1 atom stereocenters. The first-order valence-electron chi connectivity index (χ1n) is 10.5. The molecule has 0 bridgehead atoms. The van der Waals surface area contributed by atoms with Crippen LogP contribution in [0.3, 0.4) is 0 Å². The number of halogens is 2. The van der Waals surface area contributed by atoms with E-state index in [0.717, 1.165) is 51.3 Å². The fourth-order valence-electron chi connectivity index (χ4n) is 4.89. The van der Waals surface area contributed by atoms with E-state index in [4.69, 9.17) is 5.73 Å². The van der Waals surface area contributed by atoms with Crippen molar-refractivity contribution in [3.63, 3.8) is 0 Å². The Labute approximate surface area is 190 Å². The maximum absolute atomic E-state index is 13.4. The SMILES string of the molecule is CN=C(NCC1(c2ccc(F)cc2)CCCCC1)N1CCCC(CC(N)=O)C1.I. The summed E-state index contributed by atoms with van der Waals surface area (Å²) in [6.45, 7) is 2.55. The van der Waals surface area contributed by atoms with E-state index in [1.807, 2.05) is 19.2 Å². The quantitative estimate of drug-likeness (QED) is 0.355. The first-order valence-corrected chi connectivity index (χ1v) is 10.5. The van der Waals surface area contributed by atoms with Crippen LogP contribution in [0, 0.1) is 11.7 Å². The zero-order valence-corrected chi connectivity index (χ0v) is 19.7. The van der Waals surface area contributed by atoms with Gasteiger partial charge in [0.25, 0.3) is 0 Å². The third kappa shape index (κ3) is 6.30. The summed E-state index contributed by atoms with van der Waals surface area (Å²) < 4.78 is 13.4. The van der Waals surface area contributed by atoms with E-state index < -0.39 is 0 Å². The molecule has 7 heteroatoms. The molecule has 1 aromatic rings. The number of hydrogen-bond acceptors (Lipinski definition) is 2. The number of amides is 1. The number of carbonyl (C=O) groups is 1. The zero-order chi connectivity index (χ0) is 20.0. The number of rotatable bonds is 5. The Hall–Kier alpha value is -1.38. The van der Waals surface area contributed by atoms with Gasteiger partial charge in [0.15, 0.2) is 5.96 Å². The summed E-state index contributed by atoms with van der Waals surface area (Å²) >= 11 is 0. The molecule has 2 fully saturated rings. The second-order valence-corrected chi connectivity index (χ2v) is 8.37. The Morgan fingerprint density at radius 3 is 2.55 bits per heavy atom. The molecule has 1 amide bonds. The summed E-state index contributed by atoms with van der Waals surface area (Å²) in [5, 5.41) is 3.60. The average Bonchev–Trinajstić information content (AvgIpc) is 2.69. The number of nitrogens with zero attached hydrogens (tertiary/aromatic N) is 2. The minimum absolute atomic E-state index is 0. The van der Waals surface area contributed by atoms with Crippen molar-refractivity contribution in [1.29, 1.82) is 0 Å². The van der Waals surface area contributed by atoms with Crippen LogP contribution in [0.5, 0.6) is 0 Å². The largest absolute Gasteiger partial charge is 0.370 e. The fraction of sp³-hybridized carbons (Fsp3) is 0.636. The van der Waals surface area contributed by atoms with Crippen molar-refractivity contribution in [2.45, 2.75) is 56.8 Å². The second-order valence-electron chi connectivity index (χ2n) is 8.37. The minimum Gasteiger partial charge on any atom is -0.370 e. The van der Waals surface area contributed by atoms with Crippen LogP contribution in [0.25, 0.3) is 0 Å². The smallest absolute Gasteiger partial charge is 0.217 e. The Bertz CT molecular complexity index is 689. The molecule has 1 aromatic carbocycles. The molecule has 3 rings (SSSR count). The Kier molecular flexibility index (Phi) is 9.17. The number of hydrogen-bond donors (Lipinski definition) is 2. The molecule has 0 aromatic heterocycles. The first-order chi connectivity index (χ1) is 13.5. The van der Waals surface area contributed by atoms with Crippen LogP contribution >= 0.6 is 24.0 Å². The summed E-state index contributed by atoms with van der Waals surface area (Å²) in [4.78, 5) is 18.1. The highest BCUT2D eigenvalue weighted by Gasteiger charge is 2.34. The molecule has 1 saturated carbocycles. The molecular weight excluding hydrogens is 482 g/mol. The summed E-state index contributed by atoms with van der Waals surface area (Å²) in [5.74, 6) is 0.770. The highest BCUT2D eigenvalue weighted by molar-refractivity contribution is 14.0. The van der Waals surface area contributed by atoms with Crippen molar-refractivity contribution < 1.29 is 9.18 Å². The molecule has 0 radical (unpaired) electrons. The van der Waals surface area contributed by atoms with E-state index in [1.165, 1.54) is 24.8 Å². The predicted molar refractivity (Wildman–Crippen MR) is 126 cm³/mol. The van der Waals surface area contributed by atoms with Gasteiger partial charge in [-0.15, -0.1) is 24.0 Å². The van der Waals surface area contributed by atoms with E-state index in [1.54, 1.807) is 12.1 Å². The molecule has 0 spiro atoms. The van der Waals surface area contributed by atoms with Gasteiger partial charge in [0, 0.05) is 38.5 Å². The van der Waals surface area contributed by atoms with Crippen LogP contribution < -0.4 is 11.1 Å². The lowest BCUT2D eigenvalue weighted by Gasteiger charge is -2.40. The van der Waals surface area contributed by atoms with Crippen molar-refractivity contribution in [1.82, 2.24) is 10.2 Å². The van der Waals surface area contributed by atoms with Gasteiger partial charge < -0.3 is 16.0 Å². The van der Waals surface area contributed by atoms with Gasteiger partial charge in [0.05, 0.1) is 0 Å². The molecule has 5 nitrogen and oxygen atoms in total. The standard InChI is InChI=1S/C22H33FN4O.HI/c1-25-21(27-13-5-6-17(15-27)14-20(24)28)26-16-22(11-3-2-4-12-22)18-7-9-19(23)10-8-18;/h7-10,17H,2-6,11-16H2,1H3,(H2,24,28)(H,25,26);1H. The Balaban J connectivity index is 0.00000300. The number of piperidine rings is 1. The normalized spacial score (nSPS) is 21.9. The number of primary amides is 1. The summed E-state index contributed by atoms with van der Waals surface area (Å²) in [6, 6.07) is 7.02. The molecule has 2 aliphatic rings. The predicted octanol–water partition coefficient (Wildman–Crippen LogP) is 3.81. The van der Waals surface area contributed by atoms with Crippen molar-refractivity contribution in [2.24, 2.45) is 16.6 Å². The van der Waals surface area contributed by atoms with E-state index in [0.29, 0.717) is 12.3 Å². The van der Waals surface area contributed by atoms with Gasteiger partial charge >= 0.3 is 0 Å². The van der Waals surface area contributed by atoms with Crippen LogP contribution in [0.15, 0.2) is 29.3 Å². The van der Waals surface area contributed by atoms with E-state index in [-0.39, 0.29) is 41.1 Å². The number of benzene rings is 1. The molecule has 1 saturated heterocycles. The number of nitrogens with one attached hydrogen (secondary N) is 1. The van der Waals surface area contributed by atoms with E-state index >= 15 is 0 Å². The highest BCUT2D eigenvalue weighted by atomic mass is 127. The van der Waals surface area contributed by atoms with Crippen molar-refractivity contribution in [3.8, 4) is 0 Å². The lowest BCUT2D eigenvalue weighted by Crippen LogP contribution is -2.51. The van der Waals surface area contributed by atoms with Crippen molar-refractivity contribution >= 4 is 35.8 Å². The lowest BCUT2D eigenvalue weighted by molar-refractivity contribution is -0.119. The average molecular weight is 516 g/mol. The minimum atomic E-state index is -0.229. The summed E-state index contributed by atoms with van der Waals surface area (Å²) in [7, 11) is 1.81. The van der Waals surface area contributed by atoms with Gasteiger partial charge in [-0.05, 0) is 49.3 Å². The van der Waals surface area contributed by atoms with Gasteiger partial charge in [-0.2, -0.15) is 0 Å². The van der Waals surface area contributed by atoms with Crippen LogP contribution in [-0.4, -0.2) is 43.4 Å². The summed E-state index contributed by atoms with van der Waals surface area (Å²) in [6.07, 6.45) is 8.38. The molecule has 3 N–H and O–H groups in total. The third-order valence-corrected chi connectivity index (χ3v) is 6.37. The Morgan fingerprint density at radius 2 is 1.93 bits per heavy atom. The molecule has 29 heavy (non-hydrogen) atoms. The Morgan fingerprint density at radius 1 is 1.24 bits per heavy atom. The van der Waals surface area contributed by atoms with Gasteiger partial charge in [-0.1, -0.05) is 31.4 Å². The maximum Gasteiger partial charge on any atom is 0.217 e. The van der Waals surface area contributed by atoms with Crippen molar-refractivity contribution in [2.75, 3.05) is 26.7 Å². The number of guanidine groups is 1. The molecule has 1 unspecified atom stereocenters. The van der Waals surface area contributed by atoms with Crippen molar-refractivity contribution in [3.05, 3.63) is 35.6 Å². The lowest BCUT2D eigenvalue weighted by atomic mass is 9.69. The fourth-order valence-corrected chi connectivity index (χ4v) is 4.89. The van der Waals surface area contributed by atoms with Gasteiger partial charge in [-0.3, -0.25) is 9.79 Å². The molecule has 162 valence electrons. The molecule has 1 aliphatic heterocycles. The van der Waals surface area contributed by atoms with Crippen LogP contribution in [0.4, 0.5) is 4.39 Å². The van der Waals surface area contributed by atoms with E-state index in [2.05, 4.69) is 15.2 Å². The molecular formula is C22H34FIN4O. The second kappa shape index (κ2) is 11.1. The van der Waals surface area contributed by atoms with Crippen LogP contribution in [0.1, 0.15) is 56.9 Å². The topological polar surface area (TPSA) is 70.7 Å². The van der Waals surface area contributed by atoms with Gasteiger partial charge in [0.1, 0.15) is 5.82 Å². The molecule has 1 aliphatic carbocycles. The number of carbonyl (C=O) groups excluding carboxylic acids is 1. The number of likely N-dealkylation sites (tertiary alicyclic amines) is 1. The third-order valence-electron chi connectivity index (χ3n) is 6.37. The van der Waals surface area contributed by atoms with Gasteiger partial charge in [0.2, 0.25) is 5.91 Å². The molecule has 1 heterocycles. The van der Waals surface area contributed by atoms with E-state index in [9.17, 15) is 9.18 Å². The maximum atomic E-state index is 13.4. The van der Waals surface area contributed by atoms with Gasteiger partial charge in [-0.25, -0.2) is 4.39 Å². The monoisotopic (exact) mass is 516 g/mol. The first kappa shape index (κ1) is 23.9. The zero-order valence-electron chi connectivity index (χ0n) is 17.3. The summed E-state index contributed by atoms with van der Waals surface area (Å²) in [5.41, 5.74) is 6.62. The highest BCUT2D eigenvalue weighted by Crippen LogP contribution is 2.39.